The molecule has 0 aromatic heterocycles. The van der Waals surface area contributed by atoms with Crippen LogP contribution in [-0.2, 0) is 9.59 Å². The minimum Gasteiger partial charge on any atom is -0.353 e. The van der Waals surface area contributed by atoms with Gasteiger partial charge in [0.25, 0.3) is 0 Å². The molecular weight excluding hydrogens is 230 g/mol. The second-order valence-corrected chi connectivity index (χ2v) is 4.37. The Balaban J connectivity index is 3.67. The molecule has 1 unspecified atom stereocenters. The van der Waals surface area contributed by atoms with Gasteiger partial charge in [0, 0.05) is 32.1 Å². The predicted octanol–water partition coefficient (Wildman–Crippen LogP) is 0.749. The van der Waals surface area contributed by atoms with E-state index in [-0.39, 0.29) is 24.4 Å². The van der Waals surface area contributed by atoms with Gasteiger partial charge >= 0.3 is 0 Å². The van der Waals surface area contributed by atoms with Crippen molar-refractivity contribution in [3.63, 3.8) is 0 Å². The summed E-state index contributed by atoms with van der Waals surface area (Å²) in [5, 5.41) is 5.86. The standard InChI is InChI=1S/C13H27N3O2/c1-5-11(4)15-12(17)10-14-9-8-13(18)16(6-2)7-3/h11,14H,5-10H2,1-4H3,(H,15,17). The van der Waals surface area contributed by atoms with E-state index in [9.17, 15) is 9.59 Å². The quantitative estimate of drug-likeness (QED) is 0.599. The third-order valence-corrected chi connectivity index (χ3v) is 2.94. The van der Waals surface area contributed by atoms with Gasteiger partial charge in [0.15, 0.2) is 0 Å². The lowest BCUT2D eigenvalue weighted by molar-refractivity contribution is -0.131. The van der Waals surface area contributed by atoms with Crippen molar-refractivity contribution in [1.82, 2.24) is 15.5 Å². The Morgan fingerprint density at radius 3 is 2.28 bits per heavy atom. The molecule has 0 saturated carbocycles. The molecule has 0 saturated heterocycles. The summed E-state index contributed by atoms with van der Waals surface area (Å²) in [6.07, 6.45) is 1.37. The third kappa shape index (κ3) is 7.27. The molecule has 18 heavy (non-hydrogen) atoms. The first-order valence-electron chi connectivity index (χ1n) is 6.82. The van der Waals surface area contributed by atoms with E-state index < -0.39 is 0 Å². The van der Waals surface area contributed by atoms with Crippen molar-refractivity contribution in [2.24, 2.45) is 0 Å². The van der Waals surface area contributed by atoms with E-state index in [0.717, 1.165) is 19.5 Å². The van der Waals surface area contributed by atoms with Gasteiger partial charge in [0.05, 0.1) is 6.54 Å². The monoisotopic (exact) mass is 257 g/mol. The molecule has 2 N–H and O–H groups in total. The van der Waals surface area contributed by atoms with Gasteiger partial charge in [-0.2, -0.15) is 0 Å². The van der Waals surface area contributed by atoms with Crippen LogP contribution in [0.15, 0.2) is 0 Å². The predicted molar refractivity (Wildman–Crippen MR) is 73.3 cm³/mol. The van der Waals surface area contributed by atoms with Gasteiger partial charge in [-0.1, -0.05) is 6.92 Å². The summed E-state index contributed by atoms with van der Waals surface area (Å²) in [6.45, 7) is 10.2. The molecule has 0 rings (SSSR count). The van der Waals surface area contributed by atoms with Crippen molar-refractivity contribution in [3.8, 4) is 0 Å². The van der Waals surface area contributed by atoms with E-state index in [2.05, 4.69) is 10.6 Å². The molecule has 0 bridgehead atoms. The number of carbonyl (C=O) groups excluding carboxylic acids is 2. The van der Waals surface area contributed by atoms with Crippen LogP contribution in [0.3, 0.4) is 0 Å². The normalized spacial score (nSPS) is 12.0. The maximum Gasteiger partial charge on any atom is 0.234 e. The largest absolute Gasteiger partial charge is 0.353 e. The number of nitrogens with zero attached hydrogens (tertiary/aromatic N) is 1. The summed E-state index contributed by atoms with van der Waals surface area (Å²) < 4.78 is 0. The van der Waals surface area contributed by atoms with E-state index in [1.807, 2.05) is 27.7 Å². The fourth-order valence-electron chi connectivity index (χ4n) is 1.56. The maximum atomic E-state index is 11.7. The van der Waals surface area contributed by atoms with Crippen LogP contribution >= 0.6 is 0 Å². The molecule has 0 aliphatic heterocycles. The van der Waals surface area contributed by atoms with Crippen LogP contribution in [0, 0.1) is 0 Å². The number of carbonyl (C=O) groups is 2. The maximum absolute atomic E-state index is 11.7. The minimum atomic E-state index is -0.0142. The van der Waals surface area contributed by atoms with Gasteiger partial charge in [0.2, 0.25) is 11.8 Å². The van der Waals surface area contributed by atoms with Crippen LogP contribution in [0.2, 0.25) is 0 Å². The van der Waals surface area contributed by atoms with Crippen molar-refractivity contribution < 1.29 is 9.59 Å². The summed E-state index contributed by atoms with van der Waals surface area (Å²) in [5.74, 6) is 0.120. The molecule has 0 spiro atoms. The Kier molecular flexibility index (Phi) is 9.28. The zero-order chi connectivity index (χ0) is 14.0. The fraction of sp³-hybridized carbons (Fsp3) is 0.846. The van der Waals surface area contributed by atoms with E-state index in [0.29, 0.717) is 13.0 Å². The molecule has 0 aromatic carbocycles. The van der Waals surface area contributed by atoms with Crippen molar-refractivity contribution in [2.45, 2.75) is 46.6 Å². The van der Waals surface area contributed by atoms with Crippen molar-refractivity contribution in [1.29, 1.82) is 0 Å². The lowest BCUT2D eigenvalue weighted by Crippen LogP contribution is -2.40. The zero-order valence-corrected chi connectivity index (χ0v) is 12.1. The third-order valence-electron chi connectivity index (χ3n) is 2.94. The topological polar surface area (TPSA) is 61.4 Å². The summed E-state index contributed by atoms with van der Waals surface area (Å²) in [5.41, 5.74) is 0. The number of hydrogen-bond acceptors (Lipinski definition) is 3. The molecule has 1 atom stereocenters. The highest BCUT2D eigenvalue weighted by Gasteiger charge is 2.09. The Labute approximate surface area is 110 Å². The van der Waals surface area contributed by atoms with Crippen LogP contribution < -0.4 is 10.6 Å². The summed E-state index contributed by atoms with van der Waals surface area (Å²) in [6, 6.07) is 0.205. The number of hydrogen-bond donors (Lipinski definition) is 2. The smallest absolute Gasteiger partial charge is 0.234 e. The number of nitrogens with one attached hydrogen (secondary N) is 2. The van der Waals surface area contributed by atoms with Gasteiger partial charge in [-0.25, -0.2) is 0 Å². The zero-order valence-electron chi connectivity index (χ0n) is 12.1. The summed E-state index contributed by atoms with van der Waals surface area (Å²) >= 11 is 0. The van der Waals surface area contributed by atoms with E-state index in [1.54, 1.807) is 4.90 Å². The molecule has 0 aromatic rings. The average Bonchev–Trinajstić information content (AvgIpc) is 2.36. The van der Waals surface area contributed by atoms with Crippen LogP contribution in [0.4, 0.5) is 0 Å². The average molecular weight is 257 g/mol. The molecule has 0 aliphatic rings. The Hall–Kier alpha value is -1.10. The van der Waals surface area contributed by atoms with Crippen LogP contribution in [0.25, 0.3) is 0 Å². The van der Waals surface area contributed by atoms with Crippen LogP contribution in [0.5, 0.6) is 0 Å². The van der Waals surface area contributed by atoms with Crippen molar-refractivity contribution in [2.75, 3.05) is 26.2 Å². The van der Waals surface area contributed by atoms with Gasteiger partial charge in [-0.15, -0.1) is 0 Å². The number of rotatable bonds is 9. The van der Waals surface area contributed by atoms with Gasteiger partial charge in [-0.3, -0.25) is 9.59 Å². The Morgan fingerprint density at radius 1 is 1.17 bits per heavy atom. The fourth-order valence-corrected chi connectivity index (χ4v) is 1.56. The molecule has 106 valence electrons. The number of amides is 2. The first-order chi connectivity index (χ1) is 8.54. The summed E-state index contributed by atoms with van der Waals surface area (Å²) in [4.78, 5) is 24.9. The molecule has 5 nitrogen and oxygen atoms in total. The molecular formula is C13H27N3O2. The first-order valence-corrected chi connectivity index (χ1v) is 6.82. The second-order valence-electron chi connectivity index (χ2n) is 4.37. The molecule has 0 aliphatic carbocycles. The highest BCUT2D eigenvalue weighted by molar-refractivity contribution is 5.78. The molecule has 5 heteroatoms. The van der Waals surface area contributed by atoms with E-state index in [4.69, 9.17) is 0 Å². The Morgan fingerprint density at radius 2 is 1.78 bits per heavy atom. The van der Waals surface area contributed by atoms with E-state index >= 15 is 0 Å². The lowest BCUT2D eigenvalue weighted by atomic mass is 10.2. The van der Waals surface area contributed by atoms with Crippen LogP contribution in [0.1, 0.15) is 40.5 Å². The van der Waals surface area contributed by atoms with E-state index in [1.165, 1.54) is 0 Å². The van der Waals surface area contributed by atoms with Crippen molar-refractivity contribution >= 4 is 11.8 Å². The molecule has 0 heterocycles. The highest BCUT2D eigenvalue weighted by atomic mass is 16.2. The molecule has 0 fully saturated rings. The van der Waals surface area contributed by atoms with Crippen LogP contribution in [-0.4, -0.2) is 48.9 Å². The SMILES string of the molecule is CCC(C)NC(=O)CNCCC(=O)N(CC)CC. The van der Waals surface area contributed by atoms with Gasteiger partial charge in [-0.05, 0) is 27.2 Å². The van der Waals surface area contributed by atoms with Gasteiger partial charge in [0.1, 0.15) is 0 Å². The minimum absolute atomic E-state index is 0.0142. The Bertz CT molecular complexity index is 253. The lowest BCUT2D eigenvalue weighted by Gasteiger charge is -2.18. The second kappa shape index (κ2) is 9.88. The highest BCUT2D eigenvalue weighted by Crippen LogP contribution is 1.92. The first kappa shape index (κ1) is 16.9. The molecule has 0 radical (unpaired) electrons. The van der Waals surface area contributed by atoms with Crippen molar-refractivity contribution in [3.05, 3.63) is 0 Å². The molecule has 2 amide bonds. The summed E-state index contributed by atoms with van der Waals surface area (Å²) in [7, 11) is 0. The van der Waals surface area contributed by atoms with Gasteiger partial charge < -0.3 is 15.5 Å².